The maximum absolute atomic E-state index is 14.4. The van der Waals surface area contributed by atoms with Crippen LogP contribution in [0.2, 0.25) is 0 Å². The Morgan fingerprint density at radius 2 is 1.39 bits per heavy atom. The molecule has 7 aromatic rings. The molecule has 0 spiro atoms. The smallest absolute Gasteiger partial charge is 0.415 e. The van der Waals surface area contributed by atoms with Gasteiger partial charge >= 0.3 is 18.2 Å². The number of primary amides is 1. The van der Waals surface area contributed by atoms with Crippen LogP contribution in [0.3, 0.4) is 0 Å². The van der Waals surface area contributed by atoms with E-state index in [-0.39, 0.29) is 101 Å². The molecule has 8 N–H and O–H groups in total. The summed E-state index contributed by atoms with van der Waals surface area (Å²) in [6, 6.07) is 25.7. The number of H-pyrrole nitrogens is 1. The number of thioether (sulfide) groups is 2. The SMILES string of the molecule is CC(C)[C@H](NC(=O)CCOCCOCCOCCOCCNC(=O)c1ccc2nc3c(nc2c1)CSC1=C\C\C=C/C=C\C=C/1SC3)C(=O)N[C@@H](CCCNC(N)=O)C(=O)Nc1ccc(COC(=O)N(C)CCN(C)C(=O)Oc2cc3c(c4ccccc24)[C@H](CCl)CN3C(=O)c2cc3cc(OCCN(C)C)ccc3[nH]2)cc1. The van der Waals surface area contributed by atoms with Crippen LogP contribution in [0.5, 0.6) is 11.5 Å². The number of allylic oxidation sites excluding steroid dienone is 6. The van der Waals surface area contributed by atoms with Crippen molar-refractivity contribution in [2.45, 2.75) is 75.6 Å². The molecule has 3 aliphatic rings. The van der Waals surface area contributed by atoms with Crippen molar-refractivity contribution >= 4 is 127 Å². The van der Waals surface area contributed by atoms with Crippen LogP contribution in [0.1, 0.15) is 88.8 Å². The number of rotatable bonds is 38. The van der Waals surface area contributed by atoms with E-state index in [1.807, 2.05) is 73.6 Å². The quantitative estimate of drug-likeness (QED) is 0.0140. The number of alkyl halides is 1. The first kappa shape index (κ1) is 84.4. The average molecular weight is 1590 g/mol. The van der Waals surface area contributed by atoms with Crippen LogP contribution in [-0.4, -0.2) is 222 Å². The fourth-order valence-electron chi connectivity index (χ4n) is 12.3. The van der Waals surface area contributed by atoms with E-state index in [1.165, 1.54) is 26.7 Å². The van der Waals surface area contributed by atoms with Gasteiger partial charge in [0.25, 0.3) is 11.8 Å². The zero-order valence-electron chi connectivity index (χ0n) is 63.9. The molecule has 0 radical (unpaired) electrons. The highest BCUT2D eigenvalue weighted by atomic mass is 35.5. The number of aromatic nitrogens is 3. The van der Waals surface area contributed by atoms with Gasteiger partial charge in [-0.25, -0.2) is 24.4 Å². The summed E-state index contributed by atoms with van der Waals surface area (Å²) in [6.45, 7) is 7.65. The number of likely N-dealkylation sites (N-methyl/N-ethyl adjacent to an activating group) is 3. The number of benzene rings is 5. The Bertz CT molecular complexity index is 4590. The van der Waals surface area contributed by atoms with E-state index in [0.717, 1.165) is 51.7 Å². The molecule has 4 heterocycles. The first-order valence-electron chi connectivity index (χ1n) is 37.3. The minimum atomic E-state index is -1.10. The molecular weight excluding hydrogens is 1490 g/mol. The number of hydrogen-bond donors (Lipinski definition) is 7. The van der Waals surface area contributed by atoms with Crippen LogP contribution in [0.25, 0.3) is 32.7 Å². The molecular formula is C81H98ClN13O15S2. The third-order valence-corrected chi connectivity index (χ3v) is 21.2. The van der Waals surface area contributed by atoms with Crippen molar-refractivity contribution in [1.82, 2.24) is 50.9 Å². The van der Waals surface area contributed by atoms with Crippen molar-refractivity contribution in [3.63, 3.8) is 0 Å². The molecule has 31 heteroatoms. The molecule has 3 atom stereocenters. The van der Waals surface area contributed by atoms with Gasteiger partial charge in [-0.2, -0.15) is 0 Å². The predicted octanol–water partition coefficient (Wildman–Crippen LogP) is 10.5. The Morgan fingerprint density at radius 3 is 2.11 bits per heavy atom. The number of hydrogen-bond acceptors (Lipinski definition) is 20. The van der Waals surface area contributed by atoms with E-state index >= 15 is 0 Å². The number of fused-ring (bicyclic) bond motifs is 7. The lowest BCUT2D eigenvalue weighted by Crippen LogP contribution is -2.54. The molecule has 10 rings (SSSR count). The van der Waals surface area contributed by atoms with E-state index in [9.17, 15) is 38.4 Å². The molecule has 0 bridgehead atoms. The van der Waals surface area contributed by atoms with Gasteiger partial charge in [0.15, 0.2) is 0 Å². The number of carbonyl (C=O) groups is 8. The monoisotopic (exact) mass is 1590 g/mol. The van der Waals surface area contributed by atoms with Gasteiger partial charge in [-0.15, -0.1) is 35.1 Å². The number of carbonyl (C=O) groups excluding carboxylic acids is 8. The summed E-state index contributed by atoms with van der Waals surface area (Å²) < 4.78 is 40.1. The molecule has 2 aromatic heterocycles. The van der Waals surface area contributed by atoms with Crippen molar-refractivity contribution < 1.29 is 71.5 Å². The lowest BCUT2D eigenvalue weighted by atomic mass is 9.95. The minimum Gasteiger partial charge on any atom is -0.492 e. The maximum Gasteiger partial charge on any atom is 0.415 e. The molecule has 28 nitrogen and oxygen atoms in total. The molecule has 5 aromatic carbocycles. The highest BCUT2D eigenvalue weighted by Crippen LogP contribution is 2.47. The predicted molar refractivity (Wildman–Crippen MR) is 435 cm³/mol. The van der Waals surface area contributed by atoms with E-state index in [4.69, 9.17) is 60.5 Å². The van der Waals surface area contributed by atoms with Crippen LogP contribution in [0, 0.1) is 5.92 Å². The second kappa shape index (κ2) is 42.6. The first-order valence-corrected chi connectivity index (χ1v) is 39.8. The molecule has 0 fully saturated rings. The fourth-order valence-corrected chi connectivity index (χ4v) is 14.8. The number of aromatic amines is 1. The van der Waals surface area contributed by atoms with Gasteiger partial charge in [0.2, 0.25) is 17.7 Å². The number of amides is 9. The largest absolute Gasteiger partial charge is 0.492 e. The highest BCUT2D eigenvalue weighted by Gasteiger charge is 2.37. The highest BCUT2D eigenvalue weighted by molar-refractivity contribution is 8.07. The minimum absolute atomic E-state index is 0.0493. The molecule has 0 unspecified atom stereocenters. The van der Waals surface area contributed by atoms with E-state index in [0.29, 0.717) is 109 Å². The number of halogens is 1. The summed E-state index contributed by atoms with van der Waals surface area (Å²) in [5.74, 6) is -0.0967. The Morgan fingerprint density at radius 1 is 0.696 bits per heavy atom. The second-order valence-electron chi connectivity index (χ2n) is 27.4. The number of nitrogens with zero attached hydrogens (tertiary/aromatic N) is 6. The topological polar surface area (TPSA) is 342 Å². The third-order valence-electron chi connectivity index (χ3n) is 18.5. The summed E-state index contributed by atoms with van der Waals surface area (Å²) in [5.41, 5.74) is 12.6. The van der Waals surface area contributed by atoms with Crippen LogP contribution in [0.15, 0.2) is 143 Å². The fraction of sp³-hybridized carbons (Fsp3) is 0.407. The molecule has 9 amide bonds. The summed E-state index contributed by atoms with van der Waals surface area (Å²) in [6.07, 6.45) is 12.5. The maximum atomic E-state index is 14.4. The number of ether oxygens (including phenoxy) is 7. The Hall–Kier alpha value is -10.1. The number of anilines is 2. The van der Waals surface area contributed by atoms with Gasteiger partial charge in [-0.1, -0.05) is 80.6 Å². The van der Waals surface area contributed by atoms with Gasteiger partial charge in [-0.3, -0.25) is 24.0 Å². The van der Waals surface area contributed by atoms with E-state index in [1.54, 1.807) is 97.8 Å². The Kier molecular flexibility index (Phi) is 32.1. The van der Waals surface area contributed by atoms with Gasteiger partial charge in [0, 0.05) is 127 Å². The lowest BCUT2D eigenvalue weighted by molar-refractivity contribution is -0.132. The van der Waals surface area contributed by atoms with Crippen molar-refractivity contribution in [2.24, 2.45) is 11.7 Å². The summed E-state index contributed by atoms with van der Waals surface area (Å²) >= 11 is 10.1. The van der Waals surface area contributed by atoms with E-state index < -0.39 is 48.0 Å². The zero-order valence-corrected chi connectivity index (χ0v) is 66.2. The van der Waals surface area contributed by atoms with Crippen molar-refractivity contribution in [3.8, 4) is 11.5 Å². The van der Waals surface area contributed by atoms with Gasteiger partial charge < -0.3 is 90.1 Å². The van der Waals surface area contributed by atoms with Crippen LogP contribution in [0.4, 0.5) is 25.8 Å². The molecule has 112 heavy (non-hydrogen) atoms. The molecule has 596 valence electrons. The summed E-state index contributed by atoms with van der Waals surface area (Å²) in [4.78, 5) is 129. The average Bonchev–Trinajstić information content (AvgIpc) is 1.57. The number of nitrogens with two attached hydrogens (primary N) is 1. The molecule has 0 saturated carbocycles. The molecule has 2 aliphatic heterocycles. The van der Waals surface area contributed by atoms with Crippen molar-refractivity contribution in [3.05, 3.63) is 177 Å². The third kappa shape index (κ3) is 24.5. The van der Waals surface area contributed by atoms with E-state index in [2.05, 4.69) is 61.9 Å². The summed E-state index contributed by atoms with van der Waals surface area (Å²) in [7, 11) is 7.03. The summed E-state index contributed by atoms with van der Waals surface area (Å²) in [5, 5.41) is 16.0. The first-order chi connectivity index (χ1) is 54.2. The van der Waals surface area contributed by atoms with Gasteiger partial charge in [0.1, 0.15) is 42.5 Å². The number of nitrogens with one attached hydrogen (secondary N) is 6. The number of urea groups is 1. The van der Waals surface area contributed by atoms with Gasteiger partial charge in [0.05, 0.1) is 81.0 Å². The molecule has 0 saturated heterocycles. The zero-order chi connectivity index (χ0) is 79.5. The van der Waals surface area contributed by atoms with Crippen molar-refractivity contribution in [2.75, 3.05) is 143 Å². The van der Waals surface area contributed by atoms with Crippen LogP contribution >= 0.6 is 35.1 Å². The Balaban J connectivity index is 0.594. The molecule has 1 aliphatic carbocycles. The Labute approximate surface area is 664 Å². The lowest BCUT2D eigenvalue weighted by Gasteiger charge is -2.25. The standard InChI is InChI=1S/C81H98ClN13O15S2/c1-52(2)74(91-72(96)28-34-104-37-39-106-41-42-107-40-38-105-35-30-84-75(97)54-22-26-62-64(44-54)89-67-51-112-71-19-11-9-7-8-10-18-70(71)111-50-66(67)88-62)77(99)90-63(17-14-29-85-79(83)101)76(98)86-57-23-20-53(21-24-57)49-109-80(102)93(5)31-32-94(6)81(103)110-69-46-68-73(60-16-13-12-15-59(60)69)56(47-82)48-95(68)78(100)65-45-55-43-58(25-27-61(55)87-65)108-36-33-92(3)4/h7-10,12-13,15-16,18-27,43-46,52,56,63,74,87H,11,14,17,28-42,47-51H2,1-6H3,(H,84,97)(H,86,98)(H,90,99)(H,91,96)(H3,83,85,101)/b9-7-,10-8-,70-18+,71-19+/t56-,63+,74+/m1/s1. The normalized spacial score (nSPS) is 15.9. The van der Waals surface area contributed by atoms with Crippen LogP contribution < -0.4 is 46.7 Å². The van der Waals surface area contributed by atoms with Crippen molar-refractivity contribution in [1.29, 1.82) is 0 Å². The van der Waals surface area contributed by atoms with Crippen LogP contribution in [-0.2, 0) is 56.2 Å². The van der Waals surface area contributed by atoms with Gasteiger partial charge in [-0.05, 0) is 116 Å². The second-order valence-corrected chi connectivity index (χ2v) is 29.8.